The largest absolute Gasteiger partial charge is 0.356 e. The fourth-order valence-electron chi connectivity index (χ4n) is 2.69. The fraction of sp³-hybridized carbons (Fsp3) is 0.929. The Labute approximate surface area is 110 Å². The van der Waals surface area contributed by atoms with E-state index in [4.69, 9.17) is 11.6 Å². The van der Waals surface area contributed by atoms with Gasteiger partial charge in [0.05, 0.1) is 0 Å². The van der Waals surface area contributed by atoms with E-state index in [1.165, 1.54) is 0 Å². The maximum Gasteiger partial charge on any atom is 0.224 e. The Bertz CT molecular complexity index is 272. The summed E-state index contributed by atoms with van der Waals surface area (Å²) in [7, 11) is 0. The van der Waals surface area contributed by atoms with Crippen LogP contribution in [0.1, 0.15) is 47.5 Å². The van der Waals surface area contributed by atoms with Crippen molar-refractivity contribution in [1.82, 2.24) is 5.32 Å². The van der Waals surface area contributed by atoms with Gasteiger partial charge in [-0.1, -0.05) is 34.6 Å². The number of halogens is 1. The minimum absolute atomic E-state index is 0.139. The van der Waals surface area contributed by atoms with E-state index in [1.807, 2.05) is 0 Å². The third kappa shape index (κ3) is 2.96. The van der Waals surface area contributed by atoms with Crippen molar-refractivity contribution < 1.29 is 4.79 Å². The molecule has 1 fully saturated rings. The second-order valence-electron chi connectivity index (χ2n) is 6.57. The molecule has 0 radical (unpaired) electrons. The Morgan fingerprint density at radius 2 is 1.82 bits per heavy atom. The molecule has 1 atom stereocenters. The van der Waals surface area contributed by atoms with E-state index in [9.17, 15) is 4.79 Å². The molecule has 0 heterocycles. The lowest BCUT2D eigenvalue weighted by molar-refractivity contribution is -0.123. The molecule has 0 saturated heterocycles. The van der Waals surface area contributed by atoms with Crippen LogP contribution in [0.2, 0.25) is 0 Å². The van der Waals surface area contributed by atoms with Crippen LogP contribution in [0.3, 0.4) is 0 Å². The van der Waals surface area contributed by atoms with Gasteiger partial charge in [-0.2, -0.15) is 0 Å². The van der Waals surface area contributed by atoms with Crippen molar-refractivity contribution in [3.8, 4) is 0 Å². The zero-order valence-electron chi connectivity index (χ0n) is 11.8. The molecule has 17 heavy (non-hydrogen) atoms. The van der Waals surface area contributed by atoms with Crippen LogP contribution in [0.15, 0.2) is 0 Å². The SMILES string of the molecule is CC(CCl)CCCNC(=O)C1C(C)(C)C1(C)C. The van der Waals surface area contributed by atoms with E-state index >= 15 is 0 Å². The third-order valence-electron chi connectivity index (χ3n) is 4.72. The van der Waals surface area contributed by atoms with Crippen molar-refractivity contribution in [1.29, 1.82) is 0 Å². The summed E-state index contributed by atoms with van der Waals surface area (Å²) in [5.41, 5.74) is 0.279. The number of rotatable bonds is 6. The summed E-state index contributed by atoms with van der Waals surface area (Å²) in [4.78, 5) is 12.0. The van der Waals surface area contributed by atoms with Crippen LogP contribution in [0, 0.1) is 22.7 Å². The number of amides is 1. The fourth-order valence-corrected chi connectivity index (χ4v) is 2.85. The van der Waals surface area contributed by atoms with Crippen LogP contribution in [0.4, 0.5) is 0 Å². The molecule has 0 aliphatic heterocycles. The summed E-state index contributed by atoms with van der Waals surface area (Å²) < 4.78 is 0. The highest BCUT2D eigenvalue weighted by Gasteiger charge is 2.68. The van der Waals surface area contributed by atoms with Gasteiger partial charge in [-0.05, 0) is 29.6 Å². The predicted octanol–water partition coefficient (Wildman–Crippen LogP) is 3.44. The Kier molecular flexibility index (Phi) is 4.51. The molecule has 100 valence electrons. The van der Waals surface area contributed by atoms with Crippen molar-refractivity contribution >= 4 is 17.5 Å². The van der Waals surface area contributed by atoms with Crippen molar-refractivity contribution in [3.63, 3.8) is 0 Å². The van der Waals surface area contributed by atoms with Crippen molar-refractivity contribution in [2.75, 3.05) is 12.4 Å². The highest BCUT2D eigenvalue weighted by molar-refractivity contribution is 6.18. The van der Waals surface area contributed by atoms with Gasteiger partial charge in [-0.25, -0.2) is 0 Å². The van der Waals surface area contributed by atoms with Crippen molar-refractivity contribution in [3.05, 3.63) is 0 Å². The predicted molar refractivity (Wildman–Crippen MR) is 73.2 cm³/mol. The lowest BCUT2D eigenvalue weighted by Gasteiger charge is -2.09. The summed E-state index contributed by atoms with van der Waals surface area (Å²) in [6, 6.07) is 0. The van der Waals surface area contributed by atoms with Gasteiger partial charge in [-0.15, -0.1) is 11.6 Å². The smallest absolute Gasteiger partial charge is 0.224 e. The molecule has 1 aliphatic rings. The van der Waals surface area contributed by atoms with Gasteiger partial charge in [0.2, 0.25) is 5.91 Å². The molecule has 0 aromatic heterocycles. The number of nitrogens with one attached hydrogen (secondary N) is 1. The molecule has 2 nitrogen and oxygen atoms in total. The van der Waals surface area contributed by atoms with Crippen LogP contribution < -0.4 is 5.32 Å². The summed E-state index contributed by atoms with van der Waals surface area (Å²) in [6.45, 7) is 11.6. The normalized spacial score (nSPS) is 23.2. The topological polar surface area (TPSA) is 29.1 Å². The van der Waals surface area contributed by atoms with E-state index in [2.05, 4.69) is 39.9 Å². The van der Waals surface area contributed by atoms with Gasteiger partial charge in [0, 0.05) is 18.3 Å². The van der Waals surface area contributed by atoms with E-state index in [0.29, 0.717) is 11.8 Å². The minimum atomic E-state index is 0.139. The van der Waals surface area contributed by atoms with E-state index in [1.54, 1.807) is 0 Å². The molecular weight excluding hydrogens is 234 g/mol. The minimum Gasteiger partial charge on any atom is -0.356 e. The lowest BCUT2D eigenvalue weighted by atomic mass is 10.0. The molecule has 1 rings (SSSR count). The van der Waals surface area contributed by atoms with Gasteiger partial charge in [0.25, 0.3) is 0 Å². The first-order valence-electron chi connectivity index (χ1n) is 6.58. The Morgan fingerprint density at radius 1 is 1.29 bits per heavy atom. The van der Waals surface area contributed by atoms with Gasteiger partial charge in [0.15, 0.2) is 0 Å². The first kappa shape index (κ1) is 14.8. The number of hydrogen-bond donors (Lipinski definition) is 1. The number of alkyl halides is 1. The molecular formula is C14H26ClNO. The average Bonchev–Trinajstić information content (AvgIpc) is 2.64. The summed E-state index contributed by atoms with van der Waals surface area (Å²) >= 11 is 5.74. The molecule has 1 N–H and O–H groups in total. The van der Waals surface area contributed by atoms with Crippen molar-refractivity contribution in [2.45, 2.75) is 47.5 Å². The molecule has 1 saturated carbocycles. The Morgan fingerprint density at radius 3 is 2.24 bits per heavy atom. The zero-order valence-corrected chi connectivity index (χ0v) is 12.5. The van der Waals surface area contributed by atoms with Crippen LogP contribution >= 0.6 is 11.6 Å². The maximum atomic E-state index is 12.0. The van der Waals surface area contributed by atoms with Gasteiger partial charge in [0.1, 0.15) is 0 Å². The van der Waals surface area contributed by atoms with Gasteiger partial charge in [-0.3, -0.25) is 4.79 Å². The molecule has 0 bridgehead atoms. The third-order valence-corrected chi connectivity index (χ3v) is 5.25. The van der Waals surface area contributed by atoms with E-state index in [-0.39, 0.29) is 22.7 Å². The molecule has 0 aromatic carbocycles. The number of hydrogen-bond acceptors (Lipinski definition) is 1. The summed E-state index contributed by atoms with van der Waals surface area (Å²) in [6.07, 6.45) is 2.11. The highest BCUT2D eigenvalue weighted by Crippen LogP contribution is 2.68. The highest BCUT2D eigenvalue weighted by atomic mass is 35.5. The van der Waals surface area contributed by atoms with Crippen LogP contribution in [0.25, 0.3) is 0 Å². The van der Waals surface area contributed by atoms with Crippen LogP contribution in [0.5, 0.6) is 0 Å². The second kappa shape index (κ2) is 5.17. The summed E-state index contributed by atoms with van der Waals surface area (Å²) in [5.74, 6) is 1.64. The van der Waals surface area contributed by atoms with E-state index in [0.717, 1.165) is 19.4 Å². The molecule has 1 unspecified atom stereocenters. The molecule has 0 spiro atoms. The zero-order chi connectivity index (χ0) is 13.3. The van der Waals surface area contributed by atoms with Crippen molar-refractivity contribution in [2.24, 2.45) is 22.7 Å². The molecule has 3 heteroatoms. The van der Waals surface area contributed by atoms with Gasteiger partial charge < -0.3 is 5.32 Å². The number of carbonyl (C=O) groups is 1. The molecule has 1 amide bonds. The Hall–Kier alpha value is -0.240. The number of carbonyl (C=O) groups excluding carboxylic acids is 1. The lowest BCUT2D eigenvalue weighted by Crippen LogP contribution is -2.28. The standard InChI is InChI=1S/C14H26ClNO/c1-10(9-15)7-6-8-16-12(17)11-13(2,3)14(11,4)5/h10-11H,6-9H2,1-5H3,(H,16,17). The first-order valence-corrected chi connectivity index (χ1v) is 7.12. The quantitative estimate of drug-likeness (QED) is 0.575. The Balaban J connectivity index is 2.24. The summed E-state index contributed by atoms with van der Waals surface area (Å²) in [5, 5.41) is 3.05. The first-order chi connectivity index (χ1) is 7.75. The maximum absolute atomic E-state index is 12.0. The molecule has 1 aliphatic carbocycles. The monoisotopic (exact) mass is 259 g/mol. The second-order valence-corrected chi connectivity index (χ2v) is 6.88. The van der Waals surface area contributed by atoms with Gasteiger partial charge >= 0.3 is 0 Å². The van der Waals surface area contributed by atoms with Crippen LogP contribution in [-0.4, -0.2) is 18.3 Å². The molecule has 0 aromatic rings. The van der Waals surface area contributed by atoms with E-state index < -0.39 is 0 Å². The van der Waals surface area contributed by atoms with Crippen LogP contribution in [-0.2, 0) is 4.79 Å². The average molecular weight is 260 g/mol.